The fraction of sp³-hybridized carbons (Fsp3) is 0.462. The number of nitrogens with zero attached hydrogens (tertiary/aromatic N) is 2. The van der Waals surface area contributed by atoms with Crippen molar-refractivity contribution in [2.45, 2.75) is 38.9 Å². The van der Waals surface area contributed by atoms with Crippen LogP contribution in [-0.4, -0.2) is 33.3 Å². The molecule has 6 heteroatoms. The molecule has 2 heterocycles. The smallest absolute Gasteiger partial charge is 0.246 e. The molecule has 0 aromatic carbocycles. The maximum atomic E-state index is 12.2. The number of rotatable bonds is 2. The lowest BCUT2D eigenvalue weighted by Crippen LogP contribution is -2.67. The van der Waals surface area contributed by atoms with Gasteiger partial charge in [0.25, 0.3) is 0 Å². The first kappa shape index (κ1) is 14.0. The summed E-state index contributed by atoms with van der Waals surface area (Å²) in [6.45, 7) is 5.50. The van der Waals surface area contributed by atoms with Gasteiger partial charge in [0.05, 0.1) is 12.2 Å². The van der Waals surface area contributed by atoms with E-state index < -0.39 is 11.6 Å². The molecule has 1 aromatic rings. The molecule has 102 valence electrons. The van der Waals surface area contributed by atoms with E-state index in [0.29, 0.717) is 6.54 Å². The summed E-state index contributed by atoms with van der Waals surface area (Å²) in [7, 11) is 0. The first-order chi connectivity index (χ1) is 8.82. The molecule has 1 N–H and O–H groups in total. The lowest BCUT2D eigenvalue weighted by molar-refractivity contribution is -0.155. The number of aromatic nitrogens is 1. The Morgan fingerprint density at radius 3 is 2.68 bits per heavy atom. The van der Waals surface area contributed by atoms with Gasteiger partial charge < -0.3 is 10.2 Å². The lowest BCUT2D eigenvalue weighted by atomic mass is 9.96. The molecule has 0 bridgehead atoms. The molecule has 0 radical (unpaired) electrons. The molecule has 1 aliphatic rings. The SMILES string of the molecule is CC1NC(=O)C(C)(C)N(Cc2ccc(Br)cn2)C1=O. The van der Waals surface area contributed by atoms with Crippen molar-refractivity contribution in [2.24, 2.45) is 0 Å². The van der Waals surface area contributed by atoms with Crippen LogP contribution in [0, 0.1) is 0 Å². The van der Waals surface area contributed by atoms with Gasteiger partial charge in [-0.25, -0.2) is 0 Å². The molecule has 5 nitrogen and oxygen atoms in total. The Morgan fingerprint density at radius 2 is 2.11 bits per heavy atom. The van der Waals surface area contributed by atoms with Gasteiger partial charge in [-0.15, -0.1) is 0 Å². The molecule has 2 rings (SSSR count). The van der Waals surface area contributed by atoms with Crippen molar-refractivity contribution in [2.75, 3.05) is 0 Å². The Hall–Kier alpha value is -1.43. The van der Waals surface area contributed by atoms with Crippen molar-refractivity contribution in [3.63, 3.8) is 0 Å². The van der Waals surface area contributed by atoms with E-state index in [9.17, 15) is 9.59 Å². The van der Waals surface area contributed by atoms with E-state index >= 15 is 0 Å². The van der Waals surface area contributed by atoms with Gasteiger partial charge in [0.1, 0.15) is 11.6 Å². The van der Waals surface area contributed by atoms with Crippen LogP contribution in [0.25, 0.3) is 0 Å². The zero-order valence-corrected chi connectivity index (χ0v) is 12.7. The number of nitrogens with one attached hydrogen (secondary N) is 1. The molecule has 0 saturated carbocycles. The van der Waals surface area contributed by atoms with Gasteiger partial charge in [0.15, 0.2) is 0 Å². The fourth-order valence-corrected chi connectivity index (χ4v) is 2.24. The highest BCUT2D eigenvalue weighted by Crippen LogP contribution is 2.23. The van der Waals surface area contributed by atoms with Gasteiger partial charge >= 0.3 is 0 Å². The van der Waals surface area contributed by atoms with Crippen molar-refractivity contribution >= 4 is 27.7 Å². The number of amides is 2. The molecule has 1 saturated heterocycles. The molecule has 1 aliphatic heterocycles. The Morgan fingerprint density at radius 1 is 1.42 bits per heavy atom. The van der Waals surface area contributed by atoms with Crippen molar-refractivity contribution in [1.29, 1.82) is 0 Å². The molecule has 1 aromatic heterocycles. The van der Waals surface area contributed by atoms with E-state index in [1.807, 2.05) is 12.1 Å². The highest BCUT2D eigenvalue weighted by Gasteiger charge is 2.44. The van der Waals surface area contributed by atoms with E-state index in [4.69, 9.17) is 0 Å². The highest BCUT2D eigenvalue weighted by molar-refractivity contribution is 9.10. The summed E-state index contributed by atoms with van der Waals surface area (Å²) in [4.78, 5) is 30.1. The minimum Gasteiger partial charge on any atom is -0.343 e. The maximum Gasteiger partial charge on any atom is 0.246 e. The summed E-state index contributed by atoms with van der Waals surface area (Å²) >= 11 is 3.32. The second-order valence-electron chi connectivity index (χ2n) is 5.15. The second-order valence-corrected chi connectivity index (χ2v) is 6.06. The maximum absolute atomic E-state index is 12.2. The molecule has 19 heavy (non-hydrogen) atoms. The number of carbonyl (C=O) groups is 2. The zero-order chi connectivity index (χ0) is 14.2. The Kier molecular flexibility index (Phi) is 3.62. The molecule has 1 atom stereocenters. The summed E-state index contributed by atoms with van der Waals surface area (Å²) in [6.07, 6.45) is 1.68. The topological polar surface area (TPSA) is 62.3 Å². The van der Waals surface area contributed by atoms with Crippen LogP contribution in [-0.2, 0) is 16.1 Å². The number of halogens is 1. The normalized spacial score (nSPS) is 22.3. The van der Waals surface area contributed by atoms with Crippen LogP contribution >= 0.6 is 15.9 Å². The van der Waals surface area contributed by atoms with E-state index in [1.54, 1.807) is 31.9 Å². The molecule has 2 amide bonds. The third-order valence-corrected chi connectivity index (χ3v) is 3.79. The zero-order valence-electron chi connectivity index (χ0n) is 11.1. The molecular formula is C13H16BrN3O2. The summed E-state index contributed by atoms with van der Waals surface area (Å²) < 4.78 is 0.881. The number of piperazine rings is 1. The van der Waals surface area contributed by atoms with E-state index in [2.05, 4.69) is 26.2 Å². The monoisotopic (exact) mass is 325 g/mol. The van der Waals surface area contributed by atoms with Crippen molar-refractivity contribution < 1.29 is 9.59 Å². The first-order valence-corrected chi connectivity index (χ1v) is 6.84. The predicted octanol–water partition coefficient (Wildman–Crippen LogP) is 1.47. The first-order valence-electron chi connectivity index (χ1n) is 6.05. The number of hydrogen-bond acceptors (Lipinski definition) is 3. The molecule has 0 aliphatic carbocycles. The number of pyridine rings is 1. The Labute approximate surface area is 120 Å². The largest absolute Gasteiger partial charge is 0.343 e. The van der Waals surface area contributed by atoms with Gasteiger partial charge in [-0.05, 0) is 48.8 Å². The van der Waals surface area contributed by atoms with Crippen LogP contribution in [0.4, 0.5) is 0 Å². The lowest BCUT2D eigenvalue weighted by Gasteiger charge is -2.43. The van der Waals surface area contributed by atoms with Crippen LogP contribution in [0.1, 0.15) is 26.5 Å². The standard InChI is InChI=1S/C13H16BrN3O2/c1-8-11(18)17(13(2,3)12(19)16-8)7-10-5-4-9(14)6-15-10/h4-6,8H,7H2,1-3H3,(H,16,19). The van der Waals surface area contributed by atoms with Gasteiger partial charge in [-0.1, -0.05) is 0 Å². The van der Waals surface area contributed by atoms with E-state index in [0.717, 1.165) is 10.2 Å². The summed E-state index contributed by atoms with van der Waals surface area (Å²) in [5, 5.41) is 2.69. The second kappa shape index (κ2) is 4.92. The Bertz CT molecular complexity index is 513. The summed E-state index contributed by atoms with van der Waals surface area (Å²) in [6, 6.07) is 3.22. The van der Waals surface area contributed by atoms with Gasteiger partial charge in [-0.3, -0.25) is 14.6 Å². The van der Waals surface area contributed by atoms with Crippen LogP contribution in [0.5, 0.6) is 0 Å². The van der Waals surface area contributed by atoms with Crippen molar-refractivity contribution in [1.82, 2.24) is 15.2 Å². The quantitative estimate of drug-likeness (QED) is 0.895. The average molecular weight is 326 g/mol. The average Bonchev–Trinajstić information content (AvgIpc) is 2.35. The minimum absolute atomic E-state index is 0.0886. The summed E-state index contributed by atoms with van der Waals surface area (Å²) in [5.41, 5.74) is -0.107. The molecule has 1 unspecified atom stereocenters. The van der Waals surface area contributed by atoms with Gasteiger partial charge in [0.2, 0.25) is 11.8 Å². The molecule has 1 fully saturated rings. The minimum atomic E-state index is -0.863. The third kappa shape index (κ3) is 2.63. The van der Waals surface area contributed by atoms with Crippen LogP contribution < -0.4 is 5.32 Å². The van der Waals surface area contributed by atoms with Crippen molar-refractivity contribution in [3.05, 3.63) is 28.5 Å². The van der Waals surface area contributed by atoms with Crippen LogP contribution in [0.2, 0.25) is 0 Å². The third-order valence-electron chi connectivity index (χ3n) is 3.32. The number of hydrogen-bond donors (Lipinski definition) is 1. The summed E-state index contributed by atoms with van der Waals surface area (Å²) in [5.74, 6) is -0.231. The molecular weight excluding hydrogens is 310 g/mol. The van der Waals surface area contributed by atoms with E-state index in [-0.39, 0.29) is 11.8 Å². The Balaban J connectivity index is 2.27. The highest BCUT2D eigenvalue weighted by atomic mass is 79.9. The molecule has 0 spiro atoms. The van der Waals surface area contributed by atoms with Gasteiger partial charge in [0, 0.05) is 10.7 Å². The fourth-order valence-electron chi connectivity index (χ4n) is 2.00. The van der Waals surface area contributed by atoms with Crippen molar-refractivity contribution in [3.8, 4) is 0 Å². The van der Waals surface area contributed by atoms with Gasteiger partial charge in [-0.2, -0.15) is 0 Å². The van der Waals surface area contributed by atoms with Crippen LogP contribution in [0.15, 0.2) is 22.8 Å². The van der Waals surface area contributed by atoms with Crippen LogP contribution in [0.3, 0.4) is 0 Å². The van der Waals surface area contributed by atoms with E-state index in [1.165, 1.54) is 0 Å². The predicted molar refractivity (Wildman–Crippen MR) is 74.2 cm³/mol. The number of carbonyl (C=O) groups excluding carboxylic acids is 2.